The first-order valence-corrected chi connectivity index (χ1v) is 7.97. The van der Waals surface area contributed by atoms with Crippen molar-refractivity contribution in [3.63, 3.8) is 0 Å². The van der Waals surface area contributed by atoms with E-state index < -0.39 is 0 Å². The molecule has 0 bridgehead atoms. The second kappa shape index (κ2) is 7.39. The quantitative estimate of drug-likeness (QED) is 0.767. The zero-order chi connectivity index (χ0) is 13.7. The Bertz CT molecular complexity index is 284. The van der Waals surface area contributed by atoms with Crippen molar-refractivity contribution in [3.05, 3.63) is 0 Å². The first-order valence-electron chi connectivity index (χ1n) is 7.97. The molecule has 1 heterocycles. The van der Waals surface area contributed by atoms with Crippen LogP contribution in [0.15, 0.2) is 0 Å². The van der Waals surface area contributed by atoms with E-state index in [2.05, 4.69) is 11.8 Å². The molecular weight excluding hydrogens is 238 g/mol. The Labute approximate surface area is 117 Å². The van der Waals surface area contributed by atoms with Gasteiger partial charge in [-0.25, -0.2) is 0 Å². The Balaban J connectivity index is 1.76. The van der Waals surface area contributed by atoms with E-state index in [0.29, 0.717) is 11.7 Å². The lowest BCUT2D eigenvalue weighted by molar-refractivity contribution is -0.126. The average molecular weight is 267 g/mol. The van der Waals surface area contributed by atoms with Crippen LogP contribution in [0.2, 0.25) is 0 Å². The van der Waals surface area contributed by atoms with Gasteiger partial charge in [-0.15, -0.1) is 0 Å². The summed E-state index contributed by atoms with van der Waals surface area (Å²) in [4.78, 5) is 14.6. The van der Waals surface area contributed by atoms with E-state index in [1.54, 1.807) is 7.11 Å². The number of nitrogens with zero attached hydrogens (tertiary/aromatic N) is 1. The monoisotopic (exact) mass is 267 g/mol. The van der Waals surface area contributed by atoms with Gasteiger partial charge in [-0.05, 0) is 50.6 Å². The van der Waals surface area contributed by atoms with Gasteiger partial charge in [-0.1, -0.05) is 13.3 Å². The molecule has 3 heteroatoms. The van der Waals surface area contributed by atoms with E-state index in [1.807, 2.05) is 0 Å². The van der Waals surface area contributed by atoms with E-state index in [1.165, 1.54) is 19.3 Å². The summed E-state index contributed by atoms with van der Waals surface area (Å²) >= 11 is 0. The van der Waals surface area contributed by atoms with Crippen LogP contribution in [0, 0.1) is 17.8 Å². The molecule has 2 fully saturated rings. The molecule has 2 unspecified atom stereocenters. The van der Waals surface area contributed by atoms with Crippen molar-refractivity contribution in [1.29, 1.82) is 0 Å². The number of likely N-dealkylation sites (tertiary alicyclic amines) is 1. The third kappa shape index (κ3) is 4.28. The lowest BCUT2D eigenvalue weighted by Crippen LogP contribution is -2.41. The van der Waals surface area contributed by atoms with Crippen LogP contribution in [0.1, 0.15) is 45.4 Å². The largest absolute Gasteiger partial charge is 0.384 e. The number of methoxy groups -OCH3 is 1. The SMILES string of the molecule is CCC1CCC(=O)C(CN2CCC(COC)CC2)C1. The fraction of sp³-hybridized carbons (Fsp3) is 0.938. The maximum atomic E-state index is 12.0. The van der Waals surface area contributed by atoms with E-state index in [-0.39, 0.29) is 0 Å². The van der Waals surface area contributed by atoms with E-state index in [9.17, 15) is 4.79 Å². The van der Waals surface area contributed by atoms with Crippen molar-refractivity contribution in [2.24, 2.45) is 17.8 Å². The van der Waals surface area contributed by atoms with E-state index in [4.69, 9.17) is 4.74 Å². The molecule has 110 valence electrons. The molecule has 3 nitrogen and oxygen atoms in total. The highest BCUT2D eigenvalue weighted by atomic mass is 16.5. The second-order valence-electron chi connectivity index (χ2n) is 6.41. The summed E-state index contributed by atoms with van der Waals surface area (Å²) in [7, 11) is 1.79. The number of piperidine rings is 1. The number of Topliss-reactive ketones (excluding diaryl/α,β-unsaturated/α-hetero) is 1. The Morgan fingerprint density at radius 1 is 1.21 bits per heavy atom. The molecule has 2 aliphatic rings. The van der Waals surface area contributed by atoms with Crippen molar-refractivity contribution < 1.29 is 9.53 Å². The topological polar surface area (TPSA) is 29.5 Å². The fourth-order valence-electron chi connectivity index (χ4n) is 3.63. The van der Waals surface area contributed by atoms with E-state index >= 15 is 0 Å². The van der Waals surface area contributed by atoms with Gasteiger partial charge in [0, 0.05) is 32.6 Å². The van der Waals surface area contributed by atoms with Crippen molar-refractivity contribution in [2.45, 2.75) is 45.4 Å². The Hall–Kier alpha value is -0.410. The predicted molar refractivity (Wildman–Crippen MR) is 77.2 cm³/mol. The third-order valence-electron chi connectivity index (χ3n) is 5.04. The molecule has 1 aliphatic heterocycles. The van der Waals surface area contributed by atoms with E-state index in [0.717, 1.165) is 57.3 Å². The molecule has 19 heavy (non-hydrogen) atoms. The molecule has 0 N–H and O–H groups in total. The van der Waals surface area contributed by atoms with Crippen LogP contribution in [0.3, 0.4) is 0 Å². The minimum absolute atomic E-state index is 0.317. The minimum Gasteiger partial charge on any atom is -0.384 e. The molecule has 1 aliphatic carbocycles. The fourth-order valence-corrected chi connectivity index (χ4v) is 3.63. The Morgan fingerprint density at radius 3 is 2.58 bits per heavy atom. The maximum absolute atomic E-state index is 12.0. The zero-order valence-corrected chi connectivity index (χ0v) is 12.6. The van der Waals surface area contributed by atoms with Gasteiger partial charge in [0.05, 0.1) is 0 Å². The highest BCUT2D eigenvalue weighted by Crippen LogP contribution is 2.30. The predicted octanol–water partition coefficient (Wildman–Crippen LogP) is 2.74. The summed E-state index contributed by atoms with van der Waals surface area (Å²) in [6.07, 6.45) is 6.77. The molecule has 0 amide bonds. The van der Waals surface area contributed by atoms with Gasteiger partial charge < -0.3 is 9.64 Å². The first-order chi connectivity index (χ1) is 9.22. The summed E-state index contributed by atoms with van der Waals surface area (Å²) in [5.41, 5.74) is 0. The summed E-state index contributed by atoms with van der Waals surface area (Å²) in [5, 5.41) is 0. The van der Waals surface area contributed by atoms with Gasteiger partial charge in [0.15, 0.2) is 0 Å². The summed E-state index contributed by atoms with van der Waals surface area (Å²) in [6, 6.07) is 0. The zero-order valence-electron chi connectivity index (χ0n) is 12.6. The van der Waals surface area contributed by atoms with Crippen LogP contribution in [-0.2, 0) is 9.53 Å². The second-order valence-corrected chi connectivity index (χ2v) is 6.41. The highest BCUT2D eigenvalue weighted by molar-refractivity contribution is 5.81. The number of rotatable bonds is 5. The lowest BCUT2D eigenvalue weighted by Gasteiger charge is -2.36. The molecular formula is C16H29NO2. The smallest absolute Gasteiger partial charge is 0.137 e. The molecule has 2 rings (SSSR count). The Morgan fingerprint density at radius 2 is 1.95 bits per heavy atom. The number of carbonyl (C=O) groups is 1. The molecule has 0 spiro atoms. The van der Waals surface area contributed by atoms with Gasteiger partial charge in [0.2, 0.25) is 0 Å². The molecule has 0 aromatic heterocycles. The van der Waals surface area contributed by atoms with Crippen LogP contribution >= 0.6 is 0 Å². The summed E-state index contributed by atoms with van der Waals surface area (Å²) in [5.74, 6) is 2.35. The highest BCUT2D eigenvalue weighted by Gasteiger charge is 2.30. The molecule has 1 saturated heterocycles. The summed E-state index contributed by atoms with van der Waals surface area (Å²) < 4.78 is 5.24. The molecule has 2 atom stereocenters. The lowest BCUT2D eigenvalue weighted by atomic mass is 9.79. The third-order valence-corrected chi connectivity index (χ3v) is 5.04. The summed E-state index contributed by atoms with van der Waals surface area (Å²) in [6.45, 7) is 6.46. The van der Waals surface area contributed by atoms with Crippen LogP contribution in [0.5, 0.6) is 0 Å². The molecule has 0 aromatic carbocycles. The number of hydrogen-bond acceptors (Lipinski definition) is 3. The van der Waals surface area contributed by atoms with Gasteiger partial charge in [0.25, 0.3) is 0 Å². The van der Waals surface area contributed by atoms with Crippen LogP contribution in [0.25, 0.3) is 0 Å². The van der Waals surface area contributed by atoms with Gasteiger partial charge in [-0.3, -0.25) is 4.79 Å². The number of hydrogen-bond donors (Lipinski definition) is 0. The molecule has 0 radical (unpaired) electrons. The normalized spacial score (nSPS) is 30.7. The van der Waals surface area contributed by atoms with Gasteiger partial charge >= 0.3 is 0 Å². The number of ketones is 1. The van der Waals surface area contributed by atoms with Crippen molar-refractivity contribution in [2.75, 3.05) is 33.4 Å². The molecule has 1 saturated carbocycles. The average Bonchev–Trinajstić information content (AvgIpc) is 2.44. The van der Waals surface area contributed by atoms with Gasteiger partial charge in [0.1, 0.15) is 5.78 Å². The van der Waals surface area contributed by atoms with Crippen LogP contribution < -0.4 is 0 Å². The number of ether oxygens (including phenoxy) is 1. The Kier molecular flexibility index (Phi) is 5.83. The van der Waals surface area contributed by atoms with Crippen molar-refractivity contribution >= 4 is 5.78 Å². The number of carbonyl (C=O) groups excluding carboxylic acids is 1. The van der Waals surface area contributed by atoms with Crippen molar-refractivity contribution in [1.82, 2.24) is 4.90 Å². The van der Waals surface area contributed by atoms with Crippen molar-refractivity contribution in [3.8, 4) is 0 Å². The maximum Gasteiger partial charge on any atom is 0.137 e. The van der Waals surface area contributed by atoms with Gasteiger partial charge in [-0.2, -0.15) is 0 Å². The molecule has 0 aromatic rings. The van der Waals surface area contributed by atoms with Crippen LogP contribution in [0.4, 0.5) is 0 Å². The standard InChI is InChI=1S/C16H29NO2/c1-3-13-4-5-16(18)15(10-13)11-17-8-6-14(7-9-17)12-19-2/h13-15H,3-12H2,1-2H3. The van der Waals surface area contributed by atoms with Crippen LogP contribution in [-0.4, -0.2) is 44.0 Å². The first kappa shape index (κ1) is 15.0. The minimum atomic E-state index is 0.317.